The van der Waals surface area contributed by atoms with Gasteiger partial charge >= 0.3 is 6.09 Å². The molecule has 1 aromatic heterocycles. The van der Waals surface area contributed by atoms with E-state index in [9.17, 15) is 14.0 Å². The molecule has 1 rings (SSSR count). The Bertz CT molecular complexity index is 637. The summed E-state index contributed by atoms with van der Waals surface area (Å²) in [6.45, 7) is 11.2. The van der Waals surface area contributed by atoms with Crippen LogP contribution in [0.1, 0.15) is 51.9 Å². The number of carbonyl (C=O) groups excluding carboxylic acids is 2. The van der Waals surface area contributed by atoms with Crippen LogP contribution in [0, 0.1) is 0 Å². The molecule has 140 valence electrons. The molecule has 0 aromatic carbocycles. The van der Waals surface area contributed by atoms with Crippen LogP contribution in [0.2, 0.25) is 0 Å². The molecule has 7 heteroatoms. The van der Waals surface area contributed by atoms with E-state index in [1.165, 1.54) is 0 Å². The largest absolute Gasteiger partial charge is 0.444 e. The molecule has 0 aliphatic carbocycles. The predicted octanol–water partition coefficient (Wildman–Crippen LogP) is 3.39. The molecule has 0 radical (unpaired) electrons. The summed E-state index contributed by atoms with van der Waals surface area (Å²) < 4.78 is 19.9. The summed E-state index contributed by atoms with van der Waals surface area (Å²) in [6, 6.07) is 1.66. The van der Waals surface area contributed by atoms with E-state index in [4.69, 9.17) is 4.74 Å². The first-order valence-corrected chi connectivity index (χ1v) is 8.13. The number of amides is 2. The molecule has 0 saturated heterocycles. The monoisotopic (exact) mass is 353 g/mol. The summed E-state index contributed by atoms with van der Waals surface area (Å²) in [4.78, 5) is 23.7. The van der Waals surface area contributed by atoms with Gasteiger partial charge in [0, 0.05) is 31.0 Å². The van der Waals surface area contributed by atoms with Gasteiger partial charge in [0.15, 0.2) is 0 Å². The molecule has 25 heavy (non-hydrogen) atoms. The van der Waals surface area contributed by atoms with Crippen molar-refractivity contribution >= 4 is 12.0 Å². The Morgan fingerprint density at radius 2 is 1.88 bits per heavy atom. The molecular weight excluding hydrogens is 325 g/mol. The van der Waals surface area contributed by atoms with Gasteiger partial charge in [-0.2, -0.15) is 0 Å². The molecule has 0 aliphatic rings. The van der Waals surface area contributed by atoms with Crippen molar-refractivity contribution in [2.45, 2.75) is 59.2 Å². The van der Waals surface area contributed by atoms with Crippen molar-refractivity contribution in [1.82, 2.24) is 15.2 Å². The molecule has 0 aliphatic heterocycles. The van der Waals surface area contributed by atoms with Crippen LogP contribution in [-0.2, 0) is 11.3 Å². The van der Waals surface area contributed by atoms with Gasteiger partial charge in [0.2, 0.25) is 0 Å². The molecule has 0 bridgehead atoms. The van der Waals surface area contributed by atoms with E-state index < -0.39 is 11.7 Å². The van der Waals surface area contributed by atoms with Crippen LogP contribution in [0.5, 0.6) is 0 Å². The third kappa shape index (κ3) is 8.37. The van der Waals surface area contributed by atoms with Crippen LogP contribution in [0.4, 0.5) is 9.18 Å². The number of hydrogen-bond acceptors (Lipinski definition) is 3. The van der Waals surface area contributed by atoms with Gasteiger partial charge in [-0.1, -0.05) is 0 Å². The van der Waals surface area contributed by atoms with Crippen molar-refractivity contribution in [2.24, 2.45) is 0 Å². The first kappa shape index (κ1) is 20.7. The smallest absolute Gasteiger partial charge is 0.407 e. The highest BCUT2D eigenvalue weighted by molar-refractivity contribution is 5.94. The minimum absolute atomic E-state index is 0.0209. The summed E-state index contributed by atoms with van der Waals surface area (Å²) >= 11 is 0. The molecule has 1 aromatic rings. The molecular formula is C18H28FN3O3. The van der Waals surface area contributed by atoms with Gasteiger partial charge in [-0.05, 0) is 53.2 Å². The summed E-state index contributed by atoms with van der Waals surface area (Å²) in [7, 11) is 0. The molecule has 0 saturated carbocycles. The van der Waals surface area contributed by atoms with E-state index in [1.54, 1.807) is 43.8 Å². The third-order valence-corrected chi connectivity index (χ3v) is 2.90. The van der Waals surface area contributed by atoms with E-state index >= 15 is 0 Å². The molecule has 1 heterocycles. The van der Waals surface area contributed by atoms with Crippen LogP contribution in [0.25, 0.3) is 0 Å². The zero-order valence-electron chi connectivity index (χ0n) is 15.8. The fourth-order valence-electron chi connectivity index (χ4n) is 1.95. The number of nitrogens with one attached hydrogen (secondary N) is 2. The van der Waals surface area contributed by atoms with Crippen LogP contribution in [-0.4, -0.2) is 34.3 Å². The first-order valence-electron chi connectivity index (χ1n) is 8.13. The van der Waals surface area contributed by atoms with E-state index in [1.807, 2.05) is 20.8 Å². The van der Waals surface area contributed by atoms with E-state index in [-0.39, 0.29) is 24.5 Å². The van der Waals surface area contributed by atoms with Crippen LogP contribution >= 0.6 is 0 Å². The second kappa shape index (κ2) is 8.18. The zero-order valence-corrected chi connectivity index (χ0v) is 15.8. The molecule has 0 fully saturated rings. The number of hydrogen-bond donors (Lipinski definition) is 2. The van der Waals surface area contributed by atoms with Gasteiger partial charge in [-0.15, -0.1) is 0 Å². The normalized spacial score (nSPS) is 12.7. The predicted molar refractivity (Wildman–Crippen MR) is 95.1 cm³/mol. The maximum atomic E-state index is 13.1. The highest BCUT2D eigenvalue weighted by Crippen LogP contribution is 2.09. The minimum Gasteiger partial charge on any atom is -0.444 e. The summed E-state index contributed by atoms with van der Waals surface area (Å²) in [6.07, 6.45) is 3.17. The lowest BCUT2D eigenvalue weighted by atomic mass is 10.1. The lowest BCUT2D eigenvalue weighted by Gasteiger charge is -2.20. The van der Waals surface area contributed by atoms with E-state index in [2.05, 4.69) is 10.6 Å². The van der Waals surface area contributed by atoms with Crippen molar-refractivity contribution in [1.29, 1.82) is 0 Å². The number of ether oxygens (including phenoxy) is 1. The average molecular weight is 353 g/mol. The lowest BCUT2D eigenvalue weighted by Crippen LogP contribution is -2.40. The van der Waals surface area contributed by atoms with Crippen LogP contribution in [0.15, 0.2) is 30.4 Å². The van der Waals surface area contributed by atoms with Crippen LogP contribution in [0.3, 0.4) is 0 Å². The maximum absolute atomic E-state index is 13.1. The van der Waals surface area contributed by atoms with Crippen molar-refractivity contribution in [3.63, 3.8) is 0 Å². The summed E-state index contributed by atoms with van der Waals surface area (Å²) in [5.41, 5.74) is -0.0996. The topological polar surface area (TPSA) is 72.4 Å². The first-order chi connectivity index (χ1) is 11.4. The van der Waals surface area contributed by atoms with Gasteiger partial charge in [0.1, 0.15) is 5.60 Å². The van der Waals surface area contributed by atoms with Gasteiger partial charge in [-0.3, -0.25) is 4.79 Å². The van der Waals surface area contributed by atoms with Gasteiger partial charge in [-0.25, -0.2) is 9.18 Å². The fraction of sp³-hybridized carbons (Fsp3) is 0.556. The van der Waals surface area contributed by atoms with Gasteiger partial charge in [0.25, 0.3) is 5.91 Å². The summed E-state index contributed by atoms with van der Waals surface area (Å²) in [5.74, 6) is -0.191. The SMILES string of the molecule is CC(C)(C)NC(=O)c1ccn(C/C(=C/F)CNC(=O)OC(C)(C)C)c1. The van der Waals surface area contributed by atoms with Gasteiger partial charge < -0.3 is 19.9 Å². The number of aromatic nitrogens is 1. The van der Waals surface area contributed by atoms with Crippen molar-refractivity contribution in [3.8, 4) is 0 Å². The minimum atomic E-state index is -0.612. The quantitative estimate of drug-likeness (QED) is 0.852. The average Bonchev–Trinajstić information content (AvgIpc) is 2.88. The molecule has 2 N–H and O–H groups in total. The number of carbonyl (C=O) groups is 2. The molecule has 2 amide bonds. The Morgan fingerprint density at radius 1 is 1.24 bits per heavy atom. The van der Waals surface area contributed by atoms with E-state index in [0.29, 0.717) is 17.5 Å². The second-order valence-corrected chi connectivity index (χ2v) is 7.90. The lowest BCUT2D eigenvalue weighted by molar-refractivity contribution is 0.0532. The highest BCUT2D eigenvalue weighted by atomic mass is 19.1. The highest BCUT2D eigenvalue weighted by Gasteiger charge is 2.17. The Kier molecular flexibility index (Phi) is 6.78. The van der Waals surface area contributed by atoms with E-state index in [0.717, 1.165) is 0 Å². The van der Waals surface area contributed by atoms with Crippen molar-refractivity contribution in [3.05, 3.63) is 35.9 Å². The van der Waals surface area contributed by atoms with Crippen molar-refractivity contribution in [2.75, 3.05) is 6.54 Å². The summed E-state index contributed by atoms with van der Waals surface area (Å²) in [5, 5.41) is 5.37. The molecule has 0 spiro atoms. The Labute approximate surface area is 148 Å². The zero-order chi connectivity index (χ0) is 19.3. The maximum Gasteiger partial charge on any atom is 0.407 e. The fourth-order valence-corrected chi connectivity index (χ4v) is 1.95. The van der Waals surface area contributed by atoms with Crippen LogP contribution < -0.4 is 10.6 Å². The number of rotatable bonds is 5. The molecule has 0 atom stereocenters. The Hall–Kier alpha value is -2.31. The number of halogens is 1. The van der Waals surface area contributed by atoms with Gasteiger partial charge in [0.05, 0.1) is 11.9 Å². The second-order valence-electron chi connectivity index (χ2n) is 7.90. The number of nitrogens with zero attached hydrogens (tertiary/aromatic N) is 1. The Morgan fingerprint density at radius 3 is 2.40 bits per heavy atom. The van der Waals surface area contributed by atoms with Crippen molar-refractivity contribution < 1.29 is 18.7 Å². The molecule has 6 nitrogen and oxygen atoms in total. The molecule has 0 unspecified atom stereocenters. The number of alkyl carbamates (subject to hydrolysis) is 1. The standard InChI is InChI=1S/C18H28FN3O3/c1-17(2,3)21-15(23)14-7-8-22(12-14)11-13(9-19)10-20-16(24)25-18(4,5)6/h7-9,12H,10-11H2,1-6H3,(H,20,24)(H,21,23)/b13-9+. The third-order valence-electron chi connectivity index (χ3n) is 2.90. The Balaban J connectivity index is 2.59.